The quantitative estimate of drug-likeness (QED) is 0.683. The topological polar surface area (TPSA) is 98.7 Å². The lowest BCUT2D eigenvalue weighted by atomic mass is 10.1. The molecule has 0 radical (unpaired) electrons. The molecular formula is C19H17F3N6O. The van der Waals surface area contributed by atoms with Gasteiger partial charge in [-0.25, -0.2) is 14.6 Å². The highest BCUT2D eigenvalue weighted by Crippen LogP contribution is 2.42. The van der Waals surface area contributed by atoms with Crippen molar-refractivity contribution in [3.63, 3.8) is 0 Å². The highest BCUT2D eigenvalue weighted by Gasteiger charge is 2.34. The molecule has 29 heavy (non-hydrogen) atoms. The van der Waals surface area contributed by atoms with Gasteiger partial charge in [0.25, 0.3) is 5.91 Å². The van der Waals surface area contributed by atoms with Crippen molar-refractivity contribution in [2.24, 2.45) is 0 Å². The molecule has 1 aliphatic rings. The van der Waals surface area contributed by atoms with E-state index >= 15 is 0 Å². The average Bonchev–Trinajstić information content (AvgIpc) is 3.44. The van der Waals surface area contributed by atoms with E-state index in [9.17, 15) is 18.0 Å². The summed E-state index contributed by atoms with van der Waals surface area (Å²) in [6.07, 6.45) is 1.45. The highest BCUT2D eigenvalue weighted by molar-refractivity contribution is 5.95. The molecule has 1 amide bonds. The number of benzene rings is 1. The van der Waals surface area contributed by atoms with E-state index in [4.69, 9.17) is 5.73 Å². The summed E-state index contributed by atoms with van der Waals surface area (Å²) in [5, 5.41) is 6.95. The minimum Gasteiger partial charge on any atom is -0.383 e. The summed E-state index contributed by atoms with van der Waals surface area (Å²) in [6.45, 7) is 0.129. The van der Waals surface area contributed by atoms with Crippen LogP contribution in [0.3, 0.4) is 0 Å². The first kappa shape index (κ1) is 18.9. The summed E-state index contributed by atoms with van der Waals surface area (Å²) < 4.78 is 40.6. The maximum atomic E-state index is 13.1. The van der Waals surface area contributed by atoms with Gasteiger partial charge in [-0.05, 0) is 31.0 Å². The standard InChI is InChI=1S/C19H17F3N6O/c20-19(21,22)13-2-1-3-14(6-13)28-16(11-4-5-11)15(9-27-28)18(29)25-8-12-7-24-10-26-17(12)23/h1-3,6-7,9-11H,4-5,8H2,(H,25,29)(H2,23,24,26). The Morgan fingerprint density at radius 3 is 2.76 bits per heavy atom. The van der Waals surface area contributed by atoms with Crippen LogP contribution in [-0.4, -0.2) is 25.7 Å². The van der Waals surface area contributed by atoms with Gasteiger partial charge in [-0.15, -0.1) is 0 Å². The van der Waals surface area contributed by atoms with Gasteiger partial charge in [0.05, 0.1) is 28.7 Å². The number of nitrogen functional groups attached to an aromatic ring is 1. The molecule has 3 aromatic rings. The van der Waals surface area contributed by atoms with Crippen LogP contribution >= 0.6 is 0 Å². The second-order valence-electron chi connectivity index (χ2n) is 6.79. The van der Waals surface area contributed by atoms with Crippen LogP contribution in [0, 0.1) is 0 Å². The van der Waals surface area contributed by atoms with Gasteiger partial charge in [-0.1, -0.05) is 6.07 Å². The van der Waals surface area contributed by atoms with Crippen LogP contribution in [0.2, 0.25) is 0 Å². The number of alkyl halides is 3. The number of nitrogens with two attached hydrogens (primary N) is 1. The smallest absolute Gasteiger partial charge is 0.383 e. The zero-order valence-electron chi connectivity index (χ0n) is 15.1. The van der Waals surface area contributed by atoms with Crippen molar-refractivity contribution < 1.29 is 18.0 Å². The molecule has 1 aromatic carbocycles. The molecule has 2 heterocycles. The van der Waals surface area contributed by atoms with E-state index in [0.717, 1.165) is 25.0 Å². The molecule has 3 N–H and O–H groups in total. The molecule has 0 aliphatic heterocycles. The number of hydrogen-bond acceptors (Lipinski definition) is 5. The van der Waals surface area contributed by atoms with E-state index in [0.29, 0.717) is 16.8 Å². The van der Waals surface area contributed by atoms with Crippen LogP contribution in [0.5, 0.6) is 0 Å². The predicted octanol–water partition coefficient (Wildman–Crippen LogP) is 3.07. The first-order chi connectivity index (χ1) is 13.8. The molecule has 2 aromatic heterocycles. The number of carbonyl (C=O) groups is 1. The number of rotatable bonds is 5. The van der Waals surface area contributed by atoms with Gasteiger partial charge in [0, 0.05) is 24.2 Å². The van der Waals surface area contributed by atoms with Gasteiger partial charge in [-0.3, -0.25) is 4.79 Å². The lowest BCUT2D eigenvalue weighted by Crippen LogP contribution is -2.24. The monoisotopic (exact) mass is 402 g/mol. The van der Waals surface area contributed by atoms with Crippen molar-refractivity contribution in [2.45, 2.75) is 31.5 Å². The van der Waals surface area contributed by atoms with E-state index in [1.165, 1.54) is 35.5 Å². The number of halogens is 3. The molecule has 4 rings (SSSR count). The van der Waals surface area contributed by atoms with Gasteiger partial charge in [0.1, 0.15) is 12.1 Å². The van der Waals surface area contributed by atoms with Gasteiger partial charge in [0.15, 0.2) is 0 Å². The number of anilines is 1. The Hall–Kier alpha value is -3.43. The van der Waals surface area contributed by atoms with Gasteiger partial charge >= 0.3 is 6.18 Å². The fourth-order valence-corrected chi connectivity index (χ4v) is 3.08. The lowest BCUT2D eigenvalue weighted by molar-refractivity contribution is -0.137. The van der Waals surface area contributed by atoms with Crippen molar-refractivity contribution in [3.8, 4) is 5.69 Å². The molecule has 0 unspecified atom stereocenters. The van der Waals surface area contributed by atoms with Crippen molar-refractivity contribution in [2.75, 3.05) is 5.73 Å². The molecule has 10 heteroatoms. The number of carbonyl (C=O) groups excluding carboxylic acids is 1. The maximum absolute atomic E-state index is 13.1. The summed E-state index contributed by atoms with van der Waals surface area (Å²) in [6, 6.07) is 4.90. The zero-order chi connectivity index (χ0) is 20.6. The number of nitrogens with zero attached hydrogens (tertiary/aromatic N) is 4. The van der Waals surface area contributed by atoms with E-state index in [1.807, 2.05) is 0 Å². The summed E-state index contributed by atoms with van der Waals surface area (Å²) in [4.78, 5) is 20.5. The third-order valence-electron chi connectivity index (χ3n) is 4.70. The third-order valence-corrected chi connectivity index (χ3v) is 4.70. The minimum absolute atomic E-state index is 0.0814. The van der Waals surface area contributed by atoms with Crippen molar-refractivity contribution >= 4 is 11.7 Å². The number of aromatic nitrogens is 4. The Labute approximate surface area is 163 Å². The highest BCUT2D eigenvalue weighted by atomic mass is 19.4. The zero-order valence-corrected chi connectivity index (χ0v) is 15.1. The molecule has 150 valence electrons. The van der Waals surface area contributed by atoms with Crippen molar-refractivity contribution in [1.29, 1.82) is 0 Å². The van der Waals surface area contributed by atoms with Crippen LogP contribution in [0.4, 0.5) is 19.0 Å². The van der Waals surface area contributed by atoms with E-state index < -0.39 is 11.7 Å². The van der Waals surface area contributed by atoms with Crippen molar-refractivity contribution in [3.05, 3.63) is 65.4 Å². The molecule has 7 nitrogen and oxygen atoms in total. The number of hydrogen-bond donors (Lipinski definition) is 2. The number of amides is 1. The van der Waals surface area contributed by atoms with Crippen LogP contribution in [0.15, 0.2) is 43.0 Å². The predicted molar refractivity (Wildman–Crippen MR) is 98.2 cm³/mol. The Kier molecular flexibility index (Phi) is 4.69. The summed E-state index contributed by atoms with van der Waals surface area (Å²) in [5.74, 6) is -0.0336. The van der Waals surface area contributed by atoms with Crippen LogP contribution < -0.4 is 11.1 Å². The van der Waals surface area contributed by atoms with Crippen LogP contribution in [0.1, 0.15) is 45.9 Å². The summed E-state index contributed by atoms with van der Waals surface area (Å²) in [7, 11) is 0. The molecule has 1 saturated carbocycles. The van der Waals surface area contributed by atoms with Crippen LogP contribution in [-0.2, 0) is 12.7 Å². The van der Waals surface area contributed by atoms with E-state index in [-0.39, 0.29) is 29.9 Å². The molecule has 0 bridgehead atoms. The van der Waals surface area contributed by atoms with Crippen LogP contribution in [0.25, 0.3) is 5.69 Å². The molecule has 0 atom stereocenters. The molecule has 1 fully saturated rings. The second kappa shape index (κ2) is 7.19. The van der Waals surface area contributed by atoms with Gasteiger partial charge < -0.3 is 11.1 Å². The first-order valence-corrected chi connectivity index (χ1v) is 8.92. The normalized spacial score (nSPS) is 14.0. The summed E-state index contributed by atoms with van der Waals surface area (Å²) >= 11 is 0. The fourth-order valence-electron chi connectivity index (χ4n) is 3.08. The molecule has 0 saturated heterocycles. The SMILES string of the molecule is Nc1ncncc1CNC(=O)c1cnn(-c2cccc(C(F)(F)F)c2)c1C1CC1. The van der Waals surface area contributed by atoms with Gasteiger partial charge in [0.2, 0.25) is 0 Å². The van der Waals surface area contributed by atoms with E-state index in [1.54, 1.807) is 0 Å². The first-order valence-electron chi connectivity index (χ1n) is 8.92. The Balaban J connectivity index is 1.62. The maximum Gasteiger partial charge on any atom is 0.416 e. The molecule has 1 aliphatic carbocycles. The van der Waals surface area contributed by atoms with E-state index in [2.05, 4.69) is 20.4 Å². The Bertz CT molecular complexity index is 1060. The summed E-state index contributed by atoms with van der Waals surface area (Å²) in [5.41, 5.74) is 6.76. The fraction of sp³-hybridized carbons (Fsp3) is 0.263. The molecular weight excluding hydrogens is 385 g/mol. The average molecular weight is 402 g/mol. The lowest BCUT2D eigenvalue weighted by Gasteiger charge is -2.12. The van der Waals surface area contributed by atoms with Gasteiger partial charge in [-0.2, -0.15) is 18.3 Å². The Morgan fingerprint density at radius 2 is 2.07 bits per heavy atom. The second-order valence-corrected chi connectivity index (χ2v) is 6.79. The Morgan fingerprint density at radius 1 is 1.28 bits per heavy atom. The third kappa shape index (κ3) is 3.91. The van der Waals surface area contributed by atoms with Crippen molar-refractivity contribution in [1.82, 2.24) is 25.1 Å². The minimum atomic E-state index is -4.46. The molecule has 0 spiro atoms. The number of nitrogens with one attached hydrogen (secondary N) is 1. The largest absolute Gasteiger partial charge is 0.416 e.